The molecule has 27 heavy (non-hydrogen) atoms. The van der Waals surface area contributed by atoms with Crippen LogP contribution in [0.15, 0.2) is 34.2 Å². The maximum absolute atomic E-state index is 12.4. The van der Waals surface area contributed by atoms with E-state index in [1.165, 1.54) is 0 Å². The van der Waals surface area contributed by atoms with Gasteiger partial charge in [0.25, 0.3) is 0 Å². The molecule has 7 nitrogen and oxygen atoms in total. The van der Waals surface area contributed by atoms with Gasteiger partial charge in [0.05, 0.1) is 17.5 Å². The summed E-state index contributed by atoms with van der Waals surface area (Å²) < 4.78 is 32.8. The molecule has 1 heterocycles. The van der Waals surface area contributed by atoms with Gasteiger partial charge in [0.2, 0.25) is 10.0 Å². The monoisotopic (exact) mass is 510 g/mol. The Hall–Kier alpha value is -0.910. The van der Waals surface area contributed by atoms with E-state index >= 15 is 0 Å². The molecule has 1 aromatic carbocycles. The van der Waals surface area contributed by atoms with Gasteiger partial charge in [-0.3, -0.25) is 0 Å². The van der Waals surface area contributed by atoms with Crippen molar-refractivity contribution in [1.82, 2.24) is 15.4 Å². The molecule has 1 aliphatic rings. The molecule has 1 atom stereocenters. The highest BCUT2D eigenvalue weighted by Gasteiger charge is 2.20. The molecular formula is C18H31IN4O3S. The van der Waals surface area contributed by atoms with E-state index in [0.29, 0.717) is 19.7 Å². The summed E-state index contributed by atoms with van der Waals surface area (Å²) in [6.45, 7) is 7.30. The second-order valence-electron chi connectivity index (χ2n) is 6.25. The molecule has 3 N–H and O–H groups in total. The Bertz CT molecular complexity index is 674. The van der Waals surface area contributed by atoms with Crippen molar-refractivity contribution in [1.29, 1.82) is 0 Å². The minimum absolute atomic E-state index is 0. The van der Waals surface area contributed by atoms with Crippen LogP contribution < -0.4 is 15.4 Å². The highest BCUT2D eigenvalue weighted by atomic mass is 127. The Labute approximate surface area is 179 Å². The summed E-state index contributed by atoms with van der Waals surface area (Å²) in [6, 6.07) is 6.84. The first-order chi connectivity index (χ1) is 12.5. The second kappa shape index (κ2) is 12.5. The molecule has 0 radical (unpaired) electrons. The van der Waals surface area contributed by atoms with Crippen LogP contribution in [0.25, 0.3) is 0 Å². The minimum atomic E-state index is -3.51. The molecule has 1 unspecified atom stereocenters. The summed E-state index contributed by atoms with van der Waals surface area (Å²) in [4.78, 5) is 4.78. The molecule has 0 saturated carbocycles. The number of nitrogens with one attached hydrogen (secondary N) is 3. The van der Waals surface area contributed by atoms with E-state index in [0.717, 1.165) is 43.9 Å². The molecule has 1 aliphatic heterocycles. The first-order valence-electron chi connectivity index (χ1n) is 9.27. The third kappa shape index (κ3) is 8.32. The van der Waals surface area contributed by atoms with Gasteiger partial charge in [-0.15, -0.1) is 24.0 Å². The van der Waals surface area contributed by atoms with Crippen LogP contribution in [0.5, 0.6) is 0 Å². The molecule has 1 saturated heterocycles. The third-order valence-electron chi connectivity index (χ3n) is 4.07. The number of benzene rings is 1. The fourth-order valence-corrected chi connectivity index (χ4v) is 3.69. The normalized spacial score (nSPS) is 17.4. The summed E-state index contributed by atoms with van der Waals surface area (Å²) in [5, 5.41) is 6.43. The summed E-state index contributed by atoms with van der Waals surface area (Å²) in [6.07, 6.45) is 2.90. The van der Waals surface area contributed by atoms with Gasteiger partial charge >= 0.3 is 0 Å². The molecule has 1 aromatic rings. The first kappa shape index (κ1) is 24.1. The molecule has 1 fully saturated rings. The third-order valence-corrected chi connectivity index (χ3v) is 5.50. The number of sulfonamides is 1. The maximum atomic E-state index is 12.4. The summed E-state index contributed by atoms with van der Waals surface area (Å²) in [5.41, 5.74) is 0.955. The van der Waals surface area contributed by atoms with Gasteiger partial charge in [-0.2, -0.15) is 0 Å². The number of halogens is 1. The number of aliphatic imine (C=N–C) groups is 1. The number of rotatable bonds is 9. The lowest BCUT2D eigenvalue weighted by atomic mass is 10.2. The summed E-state index contributed by atoms with van der Waals surface area (Å²) >= 11 is 0. The van der Waals surface area contributed by atoms with Gasteiger partial charge in [0, 0.05) is 26.2 Å². The van der Waals surface area contributed by atoms with Gasteiger partial charge < -0.3 is 15.4 Å². The van der Waals surface area contributed by atoms with Crippen molar-refractivity contribution in [2.45, 2.75) is 50.7 Å². The molecule has 154 valence electrons. The fourth-order valence-electron chi connectivity index (χ4n) is 2.62. The van der Waals surface area contributed by atoms with E-state index < -0.39 is 10.0 Å². The second-order valence-corrected chi connectivity index (χ2v) is 8.02. The van der Waals surface area contributed by atoms with E-state index in [1.54, 1.807) is 24.3 Å². The Morgan fingerprint density at radius 1 is 1.22 bits per heavy atom. The maximum Gasteiger partial charge on any atom is 0.240 e. The molecule has 0 spiro atoms. The molecular weight excluding hydrogens is 479 g/mol. The van der Waals surface area contributed by atoms with Crippen molar-refractivity contribution in [3.05, 3.63) is 29.8 Å². The summed E-state index contributed by atoms with van der Waals surface area (Å²) in [7, 11) is -3.51. The Morgan fingerprint density at radius 3 is 2.56 bits per heavy atom. The first-order valence-corrected chi connectivity index (χ1v) is 10.8. The lowest BCUT2D eigenvalue weighted by Crippen LogP contribution is -2.37. The van der Waals surface area contributed by atoms with Crippen LogP contribution in [-0.2, 0) is 21.3 Å². The largest absolute Gasteiger partial charge is 0.377 e. The number of guanidine groups is 1. The Morgan fingerprint density at radius 2 is 1.96 bits per heavy atom. The SMILES string of the molecule is CCCNC(=NCc1ccc(S(=O)(=O)NCC2CCCO2)cc1)NCC.I. The highest BCUT2D eigenvalue weighted by molar-refractivity contribution is 14.0. The minimum Gasteiger partial charge on any atom is -0.377 e. The van der Waals surface area contributed by atoms with E-state index in [4.69, 9.17) is 4.74 Å². The fraction of sp³-hybridized carbons (Fsp3) is 0.611. The molecule has 0 aliphatic carbocycles. The smallest absolute Gasteiger partial charge is 0.240 e. The van der Waals surface area contributed by atoms with E-state index in [9.17, 15) is 8.42 Å². The average Bonchev–Trinajstić information content (AvgIpc) is 3.16. The van der Waals surface area contributed by atoms with Crippen molar-refractivity contribution < 1.29 is 13.2 Å². The number of hydrogen-bond acceptors (Lipinski definition) is 4. The lowest BCUT2D eigenvalue weighted by molar-refractivity contribution is 0.114. The van der Waals surface area contributed by atoms with Crippen LogP contribution in [0.1, 0.15) is 38.7 Å². The van der Waals surface area contributed by atoms with Crippen molar-refractivity contribution in [2.75, 3.05) is 26.2 Å². The number of ether oxygens (including phenoxy) is 1. The van der Waals surface area contributed by atoms with Gasteiger partial charge in [-0.25, -0.2) is 18.1 Å². The zero-order chi connectivity index (χ0) is 18.8. The average molecular weight is 510 g/mol. The van der Waals surface area contributed by atoms with Gasteiger partial charge in [0.1, 0.15) is 0 Å². The zero-order valence-electron chi connectivity index (χ0n) is 16.0. The predicted molar refractivity (Wildman–Crippen MR) is 119 cm³/mol. The van der Waals surface area contributed by atoms with Crippen LogP contribution in [0.2, 0.25) is 0 Å². The summed E-state index contributed by atoms with van der Waals surface area (Å²) in [5.74, 6) is 0.768. The van der Waals surface area contributed by atoms with E-state index in [2.05, 4.69) is 27.3 Å². The van der Waals surface area contributed by atoms with E-state index in [-0.39, 0.29) is 35.0 Å². The lowest BCUT2D eigenvalue weighted by Gasteiger charge is -2.12. The molecule has 0 bridgehead atoms. The number of hydrogen-bond donors (Lipinski definition) is 3. The topological polar surface area (TPSA) is 91.8 Å². The molecule has 0 amide bonds. The van der Waals surface area contributed by atoms with Crippen LogP contribution in [0, 0.1) is 0 Å². The Kier molecular flexibility index (Phi) is 11.2. The Balaban J connectivity index is 0.00000364. The van der Waals surface area contributed by atoms with Crippen molar-refractivity contribution in [3.63, 3.8) is 0 Å². The van der Waals surface area contributed by atoms with Crippen LogP contribution >= 0.6 is 24.0 Å². The number of nitrogens with zero attached hydrogens (tertiary/aromatic N) is 1. The highest BCUT2D eigenvalue weighted by Crippen LogP contribution is 2.14. The molecule has 2 rings (SSSR count). The van der Waals surface area contributed by atoms with Crippen LogP contribution in [0.3, 0.4) is 0 Å². The van der Waals surface area contributed by atoms with Crippen LogP contribution in [0.4, 0.5) is 0 Å². The zero-order valence-corrected chi connectivity index (χ0v) is 19.2. The van der Waals surface area contributed by atoms with Crippen molar-refractivity contribution >= 4 is 40.0 Å². The van der Waals surface area contributed by atoms with Gasteiger partial charge in [-0.1, -0.05) is 19.1 Å². The van der Waals surface area contributed by atoms with Crippen molar-refractivity contribution in [3.8, 4) is 0 Å². The predicted octanol–water partition coefficient (Wildman–Crippen LogP) is 2.23. The van der Waals surface area contributed by atoms with Gasteiger partial charge in [0.15, 0.2) is 5.96 Å². The molecule has 9 heteroatoms. The molecule has 0 aromatic heterocycles. The van der Waals surface area contributed by atoms with E-state index in [1.807, 2.05) is 6.92 Å². The quantitative estimate of drug-likeness (QED) is 0.269. The van der Waals surface area contributed by atoms with Gasteiger partial charge in [-0.05, 0) is 43.9 Å². The van der Waals surface area contributed by atoms with Crippen LogP contribution in [-0.4, -0.2) is 46.7 Å². The van der Waals surface area contributed by atoms with Crippen molar-refractivity contribution in [2.24, 2.45) is 4.99 Å². The standard InChI is InChI=1S/C18H30N4O3S.HI/c1-3-11-20-18(19-4-2)21-13-15-7-9-17(10-8-15)26(23,24)22-14-16-6-5-12-25-16;/h7-10,16,22H,3-6,11-14H2,1-2H3,(H2,19,20,21);1H.